The van der Waals surface area contributed by atoms with Crippen LogP contribution < -0.4 is 15.5 Å². The Hall–Kier alpha value is -4.98. The molecule has 0 unspecified atom stereocenters. The Bertz CT molecular complexity index is 1150. The van der Waals surface area contributed by atoms with Gasteiger partial charge in [0.15, 0.2) is 0 Å². The van der Waals surface area contributed by atoms with Gasteiger partial charge in [-0.05, 0) is 18.2 Å². The molecular formula is C25H30N6O8. The largest absolute Gasteiger partial charge is 0.478 e. The van der Waals surface area contributed by atoms with E-state index in [9.17, 15) is 19.2 Å². The summed E-state index contributed by atoms with van der Waals surface area (Å²) >= 11 is 0. The molecule has 0 atom stereocenters. The van der Waals surface area contributed by atoms with Gasteiger partial charge in [-0.3, -0.25) is 0 Å². The number of hydrogen-bond donors (Lipinski definition) is 5. The van der Waals surface area contributed by atoms with Crippen molar-refractivity contribution < 1.29 is 39.6 Å². The number of carbonyl (C=O) groups is 4. The first-order valence-electron chi connectivity index (χ1n) is 11.6. The number of carboxylic acids is 4. The van der Waals surface area contributed by atoms with Crippen molar-refractivity contribution >= 4 is 41.5 Å². The lowest BCUT2D eigenvalue weighted by molar-refractivity contribution is -0.134. The molecule has 1 aromatic heterocycles. The van der Waals surface area contributed by atoms with Crippen LogP contribution in [0.2, 0.25) is 0 Å². The molecule has 0 bridgehead atoms. The first kappa shape index (κ1) is 30.2. The van der Waals surface area contributed by atoms with Crippen LogP contribution in [-0.2, 0) is 32.3 Å². The number of likely N-dealkylation sites (N-methyl/N-ethyl adjacent to an activating group) is 1. The molecule has 0 amide bonds. The molecular weight excluding hydrogens is 512 g/mol. The number of rotatable bonds is 6. The van der Waals surface area contributed by atoms with Gasteiger partial charge in [-0.2, -0.15) is 9.97 Å². The normalized spacial score (nSPS) is 14.7. The number of nitrogens with zero attached hydrogens (tertiary/aromatic N) is 5. The van der Waals surface area contributed by atoms with Crippen LogP contribution in [0, 0.1) is 0 Å². The topological polar surface area (TPSA) is 211 Å². The summed E-state index contributed by atoms with van der Waals surface area (Å²) in [4.78, 5) is 54.0. The summed E-state index contributed by atoms with van der Waals surface area (Å²) in [6.45, 7) is 5.83. The second-order valence-corrected chi connectivity index (χ2v) is 8.38. The summed E-state index contributed by atoms with van der Waals surface area (Å²) < 4.78 is 0. The Morgan fingerprint density at radius 3 is 1.49 bits per heavy atom. The van der Waals surface area contributed by atoms with Gasteiger partial charge in [-0.15, -0.1) is 0 Å². The highest BCUT2D eigenvalue weighted by atomic mass is 16.4. The van der Waals surface area contributed by atoms with E-state index >= 15 is 0 Å². The molecule has 2 aromatic rings. The van der Waals surface area contributed by atoms with Crippen molar-refractivity contribution in [2.75, 3.05) is 48.8 Å². The van der Waals surface area contributed by atoms with E-state index in [0.29, 0.717) is 30.3 Å². The molecule has 14 nitrogen and oxygen atoms in total. The van der Waals surface area contributed by atoms with E-state index in [4.69, 9.17) is 26.2 Å². The molecule has 3 heterocycles. The van der Waals surface area contributed by atoms with E-state index in [-0.39, 0.29) is 0 Å². The minimum Gasteiger partial charge on any atom is -0.478 e. The Morgan fingerprint density at radius 1 is 0.718 bits per heavy atom. The zero-order valence-electron chi connectivity index (χ0n) is 21.2. The van der Waals surface area contributed by atoms with Crippen LogP contribution in [0.15, 0.2) is 54.6 Å². The number of nitrogens with two attached hydrogens (primary N) is 1. The highest BCUT2D eigenvalue weighted by Gasteiger charge is 2.22. The zero-order valence-corrected chi connectivity index (χ0v) is 21.2. The van der Waals surface area contributed by atoms with Crippen molar-refractivity contribution in [3.63, 3.8) is 0 Å². The molecule has 208 valence electrons. The predicted molar refractivity (Wildman–Crippen MR) is 141 cm³/mol. The molecule has 1 aromatic carbocycles. The average molecular weight is 543 g/mol. The number of hydrogen-bond acceptors (Lipinski definition) is 10. The molecule has 2 aliphatic heterocycles. The molecule has 2 aliphatic rings. The van der Waals surface area contributed by atoms with Crippen LogP contribution in [0.5, 0.6) is 0 Å². The molecule has 0 radical (unpaired) electrons. The van der Waals surface area contributed by atoms with Gasteiger partial charge < -0.3 is 40.9 Å². The SMILES string of the molecule is CN1CCN(c2cc(N3Cc4ccccc4C3)nc(N)n2)CC1.O=C(O)/C=C/C(=O)O.O=C(O)/C=C/C(=O)O. The predicted octanol–water partition coefficient (Wildman–Crippen LogP) is 0.754. The Balaban J connectivity index is 0.000000277. The summed E-state index contributed by atoms with van der Waals surface area (Å²) in [5.41, 5.74) is 8.71. The molecule has 4 rings (SSSR count). The lowest BCUT2D eigenvalue weighted by Gasteiger charge is -2.33. The second-order valence-electron chi connectivity index (χ2n) is 8.38. The summed E-state index contributed by atoms with van der Waals surface area (Å²) in [5, 5.41) is 31.2. The van der Waals surface area contributed by atoms with Gasteiger partial charge in [-0.25, -0.2) is 19.2 Å². The van der Waals surface area contributed by atoms with Crippen molar-refractivity contribution in [2.45, 2.75) is 13.1 Å². The highest BCUT2D eigenvalue weighted by molar-refractivity contribution is 5.90. The number of aliphatic carboxylic acids is 4. The highest BCUT2D eigenvalue weighted by Crippen LogP contribution is 2.29. The molecule has 1 saturated heterocycles. The molecule has 0 spiro atoms. The van der Waals surface area contributed by atoms with E-state index in [1.165, 1.54) is 11.1 Å². The number of carboxylic acid groups (broad SMARTS) is 4. The van der Waals surface area contributed by atoms with Gasteiger partial charge >= 0.3 is 23.9 Å². The first-order valence-corrected chi connectivity index (χ1v) is 11.6. The van der Waals surface area contributed by atoms with Crippen LogP contribution in [0.4, 0.5) is 17.6 Å². The van der Waals surface area contributed by atoms with E-state index in [1.54, 1.807) is 0 Å². The minimum absolute atomic E-state index is 0.354. The lowest BCUT2D eigenvalue weighted by Crippen LogP contribution is -2.45. The third-order valence-electron chi connectivity index (χ3n) is 5.45. The molecule has 1 fully saturated rings. The smallest absolute Gasteiger partial charge is 0.328 e. The van der Waals surface area contributed by atoms with Gasteiger partial charge in [-0.1, -0.05) is 24.3 Å². The fourth-order valence-electron chi connectivity index (χ4n) is 3.58. The summed E-state index contributed by atoms with van der Waals surface area (Å²) in [6, 6.07) is 10.6. The third kappa shape index (κ3) is 10.9. The second kappa shape index (κ2) is 14.7. The van der Waals surface area contributed by atoms with Crippen LogP contribution in [-0.4, -0.2) is 92.4 Å². The molecule has 6 N–H and O–H groups in total. The van der Waals surface area contributed by atoms with E-state index < -0.39 is 23.9 Å². The molecule has 39 heavy (non-hydrogen) atoms. The van der Waals surface area contributed by atoms with E-state index in [0.717, 1.165) is 50.9 Å². The maximum Gasteiger partial charge on any atom is 0.328 e. The fourth-order valence-corrected chi connectivity index (χ4v) is 3.58. The number of benzene rings is 1. The Morgan fingerprint density at radius 2 is 1.10 bits per heavy atom. The van der Waals surface area contributed by atoms with Crippen LogP contribution in [0.3, 0.4) is 0 Å². The van der Waals surface area contributed by atoms with Crippen molar-refractivity contribution in [1.82, 2.24) is 14.9 Å². The molecule has 0 aliphatic carbocycles. The lowest BCUT2D eigenvalue weighted by atomic mass is 10.1. The van der Waals surface area contributed by atoms with Gasteiger partial charge in [0.25, 0.3) is 0 Å². The van der Waals surface area contributed by atoms with Crippen molar-refractivity contribution in [2.24, 2.45) is 0 Å². The quantitative estimate of drug-likeness (QED) is 0.319. The Kier molecular flexibility index (Phi) is 11.4. The maximum absolute atomic E-state index is 9.55. The first-order chi connectivity index (χ1) is 18.4. The Labute approximate surface area is 223 Å². The van der Waals surface area contributed by atoms with Gasteiger partial charge in [0.1, 0.15) is 11.6 Å². The van der Waals surface area contributed by atoms with Crippen LogP contribution >= 0.6 is 0 Å². The summed E-state index contributed by atoms with van der Waals surface area (Å²) in [7, 11) is 2.15. The maximum atomic E-state index is 9.55. The van der Waals surface area contributed by atoms with Gasteiger partial charge in [0, 0.05) is 69.6 Å². The number of nitrogen functional groups attached to an aromatic ring is 1. The van der Waals surface area contributed by atoms with Gasteiger partial charge in [0.05, 0.1) is 0 Å². The monoisotopic (exact) mass is 542 g/mol. The standard InChI is InChI=1S/C17H22N6.2C4H4O4/c1-21-6-8-22(9-7-21)15-10-16(20-17(18)19-15)23-11-13-4-2-3-5-14(13)12-23;2*5-3(6)1-2-4(7)8/h2-5,10H,6-9,11-12H2,1H3,(H2,18,19,20);2*1-2H,(H,5,6)(H,7,8)/b;2*2-1+. The third-order valence-corrected chi connectivity index (χ3v) is 5.45. The fraction of sp³-hybridized carbons (Fsp3) is 0.280. The van der Waals surface area contributed by atoms with Gasteiger partial charge in [0.2, 0.25) is 5.95 Å². The van der Waals surface area contributed by atoms with Crippen LogP contribution in [0.25, 0.3) is 0 Å². The van der Waals surface area contributed by atoms with Crippen LogP contribution in [0.1, 0.15) is 11.1 Å². The number of piperazine rings is 1. The van der Waals surface area contributed by atoms with Crippen molar-refractivity contribution in [3.05, 3.63) is 65.8 Å². The average Bonchev–Trinajstić information content (AvgIpc) is 3.32. The minimum atomic E-state index is -1.26. The number of fused-ring (bicyclic) bond motifs is 1. The molecule has 14 heteroatoms. The van der Waals surface area contributed by atoms with Crippen molar-refractivity contribution in [3.8, 4) is 0 Å². The van der Waals surface area contributed by atoms with E-state index in [2.05, 4.69) is 62.0 Å². The molecule has 0 saturated carbocycles. The zero-order chi connectivity index (χ0) is 28.9. The summed E-state index contributed by atoms with van der Waals surface area (Å²) in [6.07, 6.45) is 2.23. The number of aromatic nitrogens is 2. The number of anilines is 3. The summed E-state index contributed by atoms with van der Waals surface area (Å²) in [5.74, 6) is -2.81. The van der Waals surface area contributed by atoms with E-state index in [1.807, 2.05) is 0 Å². The van der Waals surface area contributed by atoms with Crippen molar-refractivity contribution in [1.29, 1.82) is 0 Å².